The molecule has 4 atom stereocenters. The molecule has 0 saturated carbocycles. The molecule has 2 aromatic carbocycles. The molecule has 162 valence electrons. The average Bonchev–Trinajstić information content (AvgIpc) is 3.21. The molecule has 0 radical (unpaired) electrons. The number of halogens is 2. The van der Waals surface area contributed by atoms with Crippen molar-refractivity contribution in [2.75, 3.05) is 0 Å². The summed E-state index contributed by atoms with van der Waals surface area (Å²) in [6, 6.07) is 16.9. The first-order chi connectivity index (χ1) is 14.2. The van der Waals surface area contributed by atoms with Crippen molar-refractivity contribution in [2.24, 2.45) is 5.92 Å². The van der Waals surface area contributed by atoms with Gasteiger partial charge in [-0.05, 0) is 59.5 Å². The maximum Gasteiger partial charge on any atom is 0.184 e. The second-order valence-electron chi connectivity index (χ2n) is 9.38. The third-order valence-electron chi connectivity index (χ3n) is 6.24. The first kappa shape index (κ1) is 25.2. The molecule has 0 fully saturated rings. The summed E-state index contributed by atoms with van der Waals surface area (Å²) in [6.45, 7) is 11.1. The van der Waals surface area contributed by atoms with Crippen LogP contribution in [0.2, 0.25) is 19.6 Å². The number of allylic oxidation sites excluding steroid dienone is 1. The zero-order valence-corrected chi connectivity index (χ0v) is 23.8. The molecule has 4 unspecified atom stereocenters. The molecule has 0 N–H and O–H groups in total. The standard InChI is InChI=1S/C26H30Cl2OSi.Zr/c1-6-24(29-30(3,4)5)26(28)22-14-10-8-12-19(22)16-23(26)17(2)21-15-18-11-7-9-13-20(18)25(21)27;/h7-17,24-25H,6H2,1-5H3;. The van der Waals surface area contributed by atoms with Crippen LogP contribution in [-0.4, -0.2) is 14.4 Å². The third-order valence-corrected chi connectivity index (χ3v) is 8.39. The van der Waals surface area contributed by atoms with E-state index in [2.05, 4.69) is 94.2 Å². The summed E-state index contributed by atoms with van der Waals surface area (Å²) in [4.78, 5) is -0.683. The smallest absolute Gasteiger partial charge is 0.184 e. The minimum atomic E-state index is -1.79. The molecule has 0 aromatic heterocycles. The number of benzene rings is 2. The van der Waals surface area contributed by atoms with E-state index in [4.69, 9.17) is 27.6 Å². The zero-order valence-electron chi connectivity index (χ0n) is 18.9. The van der Waals surface area contributed by atoms with E-state index in [-0.39, 0.29) is 43.6 Å². The fourth-order valence-corrected chi connectivity index (χ4v) is 7.20. The summed E-state index contributed by atoms with van der Waals surface area (Å²) < 4.78 is 6.68. The van der Waals surface area contributed by atoms with Crippen molar-refractivity contribution in [1.82, 2.24) is 0 Å². The Bertz CT molecular complexity index is 1030. The van der Waals surface area contributed by atoms with Crippen molar-refractivity contribution < 1.29 is 30.6 Å². The van der Waals surface area contributed by atoms with E-state index < -0.39 is 13.2 Å². The second-order valence-corrected chi connectivity index (χ2v) is 14.9. The number of hydrogen-bond acceptors (Lipinski definition) is 1. The summed E-state index contributed by atoms with van der Waals surface area (Å²) in [5.41, 5.74) is 7.14. The largest absolute Gasteiger partial charge is 0.412 e. The zero-order chi connectivity index (χ0) is 21.7. The Hall–Kier alpha value is -0.440. The van der Waals surface area contributed by atoms with Gasteiger partial charge in [-0.2, -0.15) is 0 Å². The molecule has 4 rings (SSSR count). The molecule has 31 heavy (non-hydrogen) atoms. The maximum atomic E-state index is 7.63. The van der Waals surface area contributed by atoms with Gasteiger partial charge in [-0.25, -0.2) is 0 Å². The fourth-order valence-electron chi connectivity index (χ4n) is 4.88. The number of fused-ring (bicyclic) bond motifs is 2. The molecule has 2 aromatic rings. The molecule has 2 aliphatic carbocycles. The predicted octanol–water partition coefficient (Wildman–Crippen LogP) is 8.16. The van der Waals surface area contributed by atoms with Gasteiger partial charge in [0.15, 0.2) is 8.32 Å². The molecule has 0 aliphatic heterocycles. The number of hydrogen-bond donors (Lipinski definition) is 0. The van der Waals surface area contributed by atoms with Gasteiger partial charge >= 0.3 is 0 Å². The minimum absolute atomic E-state index is 0. The molecule has 2 aliphatic rings. The van der Waals surface area contributed by atoms with Crippen LogP contribution in [0.25, 0.3) is 12.2 Å². The second kappa shape index (κ2) is 9.43. The van der Waals surface area contributed by atoms with Crippen LogP contribution in [0.4, 0.5) is 0 Å². The number of rotatable bonds is 6. The van der Waals surface area contributed by atoms with Gasteiger partial charge in [0.05, 0.1) is 11.5 Å². The van der Waals surface area contributed by atoms with Crippen molar-refractivity contribution in [3.05, 3.63) is 81.9 Å². The molecule has 0 heterocycles. The van der Waals surface area contributed by atoms with E-state index in [0.29, 0.717) is 0 Å². The number of alkyl halides is 2. The SMILES string of the molecule is CCC(O[Si](C)(C)C)C1(Cl)C(C(C)C2=Cc3ccccc3C2Cl)=Cc2ccccc21.[Zr]. The van der Waals surface area contributed by atoms with E-state index in [0.717, 1.165) is 12.0 Å². The summed E-state index contributed by atoms with van der Waals surface area (Å²) >= 11 is 14.6. The van der Waals surface area contributed by atoms with Gasteiger partial charge in [0.2, 0.25) is 0 Å². The Morgan fingerprint density at radius 1 is 1.00 bits per heavy atom. The Morgan fingerprint density at radius 3 is 2.23 bits per heavy atom. The Kier molecular flexibility index (Phi) is 7.66. The van der Waals surface area contributed by atoms with Gasteiger partial charge in [0, 0.05) is 32.1 Å². The molecular formula is C26H30Cl2OSiZr. The molecule has 1 nitrogen and oxygen atoms in total. The van der Waals surface area contributed by atoms with Gasteiger partial charge in [0.25, 0.3) is 0 Å². The van der Waals surface area contributed by atoms with E-state index in [9.17, 15) is 0 Å². The molecule has 0 spiro atoms. The predicted molar refractivity (Wildman–Crippen MR) is 133 cm³/mol. The monoisotopic (exact) mass is 546 g/mol. The quantitative estimate of drug-likeness (QED) is 0.261. The Morgan fingerprint density at radius 2 is 1.61 bits per heavy atom. The van der Waals surface area contributed by atoms with Crippen molar-refractivity contribution in [2.45, 2.75) is 56.3 Å². The van der Waals surface area contributed by atoms with Crippen molar-refractivity contribution >= 4 is 43.7 Å². The van der Waals surface area contributed by atoms with E-state index >= 15 is 0 Å². The average molecular weight is 549 g/mol. The summed E-state index contributed by atoms with van der Waals surface area (Å²) in [7, 11) is -1.79. The van der Waals surface area contributed by atoms with Crippen LogP contribution >= 0.6 is 23.2 Å². The van der Waals surface area contributed by atoms with Crippen LogP contribution in [0, 0.1) is 5.92 Å². The molecular weight excluding hydrogens is 519 g/mol. The normalized spacial score (nSPS) is 23.9. The Labute approximate surface area is 217 Å². The van der Waals surface area contributed by atoms with E-state index in [1.54, 1.807) is 0 Å². The molecule has 5 heteroatoms. The molecule has 0 bridgehead atoms. The van der Waals surface area contributed by atoms with Crippen LogP contribution in [0.15, 0.2) is 59.7 Å². The van der Waals surface area contributed by atoms with Crippen molar-refractivity contribution in [1.29, 1.82) is 0 Å². The van der Waals surface area contributed by atoms with Crippen molar-refractivity contribution in [3.8, 4) is 0 Å². The van der Waals surface area contributed by atoms with Crippen LogP contribution in [-0.2, 0) is 35.5 Å². The first-order valence-corrected chi connectivity index (χ1v) is 15.0. The van der Waals surface area contributed by atoms with Gasteiger partial charge in [-0.3, -0.25) is 0 Å². The van der Waals surface area contributed by atoms with Gasteiger partial charge in [-0.15, -0.1) is 23.2 Å². The first-order valence-electron chi connectivity index (χ1n) is 10.8. The summed E-state index contributed by atoms with van der Waals surface area (Å²) in [5, 5.41) is -0.125. The van der Waals surface area contributed by atoms with Gasteiger partial charge in [0.1, 0.15) is 4.87 Å². The van der Waals surface area contributed by atoms with E-state index in [1.807, 2.05) is 0 Å². The van der Waals surface area contributed by atoms with Crippen molar-refractivity contribution in [3.63, 3.8) is 0 Å². The summed E-state index contributed by atoms with van der Waals surface area (Å²) in [5.74, 6) is 0.115. The van der Waals surface area contributed by atoms with Gasteiger partial charge < -0.3 is 4.43 Å². The van der Waals surface area contributed by atoms with Crippen LogP contribution in [0.5, 0.6) is 0 Å². The minimum Gasteiger partial charge on any atom is -0.412 e. The van der Waals surface area contributed by atoms with Gasteiger partial charge in [-0.1, -0.05) is 74.5 Å². The Balaban J connectivity index is 0.00000272. The summed E-state index contributed by atoms with van der Waals surface area (Å²) in [6.07, 6.45) is 5.30. The third kappa shape index (κ3) is 4.51. The maximum absolute atomic E-state index is 7.63. The fraction of sp³-hybridized carbons (Fsp3) is 0.385. The van der Waals surface area contributed by atoms with Crippen LogP contribution in [0.1, 0.15) is 47.9 Å². The topological polar surface area (TPSA) is 9.23 Å². The molecule has 0 saturated heterocycles. The molecule has 0 amide bonds. The van der Waals surface area contributed by atoms with E-state index in [1.165, 1.54) is 27.8 Å². The van der Waals surface area contributed by atoms with Crippen LogP contribution in [0.3, 0.4) is 0 Å². The van der Waals surface area contributed by atoms with Crippen LogP contribution < -0.4 is 0 Å².